The number of anilines is 1. The number of nitro groups is 1. The topological polar surface area (TPSA) is 118 Å². The van der Waals surface area contributed by atoms with Crippen molar-refractivity contribution < 1.29 is 18.9 Å². The highest BCUT2D eigenvalue weighted by Gasteiger charge is 2.17. The first kappa shape index (κ1) is 21.6. The monoisotopic (exact) mass is 437 g/mol. The highest BCUT2D eigenvalue weighted by molar-refractivity contribution is 6.31. The summed E-state index contributed by atoms with van der Waals surface area (Å²) in [6.45, 7) is 1.80. The summed E-state index contributed by atoms with van der Waals surface area (Å²) >= 11 is 5.96. The van der Waals surface area contributed by atoms with Gasteiger partial charge in [-0.3, -0.25) is 14.9 Å². The van der Waals surface area contributed by atoms with Crippen LogP contribution < -0.4 is 10.1 Å². The third kappa shape index (κ3) is 4.91. The van der Waals surface area contributed by atoms with Crippen molar-refractivity contribution in [3.05, 3.63) is 80.6 Å². The normalized spacial score (nSPS) is 11.0. The van der Waals surface area contributed by atoms with Gasteiger partial charge in [-0.05, 0) is 42.8 Å². The molecule has 1 aromatic heterocycles. The number of methoxy groups -OCH3 is 1. The van der Waals surface area contributed by atoms with Crippen molar-refractivity contribution in [3.63, 3.8) is 0 Å². The van der Waals surface area contributed by atoms with Gasteiger partial charge in [0.2, 0.25) is 0 Å². The fourth-order valence-corrected chi connectivity index (χ4v) is 2.96. The summed E-state index contributed by atoms with van der Waals surface area (Å²) in [4.78, 5) is 23.1. The third-order valence-corrected chi connectivity index (χ3v) is 4.62. The summed E-state index contributed by atoms with van der Waals surface area (Å²) in [5.74, 6) is 0.261. The molecule has 0 saturated carbocycles. The molecule has 0 unspecified atom stereocenters. The Hall–Kier alpha value is -4.09. The van der Waals surface area contributed by atoms with Crippen LogP contribution in [0, 0.1) is 28.4 Å². The highest BCUT2D eigenvalue weighted by atomic mass is 35.5. The van der Waals surface area contributed by atoms with Crippen LogP contribution in [0.3, 0.4) is 0 Å². The molecule has 0 aliphatic rings. The van der Waals surface area contributed by atoms with E-state index in [2.05, 4.69) is 5.32 Å². The lowest BCUT2D eigenvalue weighted by Crippen LogP contribution is -2.14. The van der Waals surface area contributed by atoms with Gasteiger partial charge in [0.1, 0.15) is 28.9 Å². The van der Waals surface area contributed by atoms with Crippen molar-refractivity contribution in [2.75, 3.05) is 12.4 Å². The molecule has 0 fully saturated rings. The van der Waals surface area contributed by atoms with E-state index in [0.717, 1.165) is 5.56 Å². The Balaban J connectivity index is 1.90. The van der Waals surface area contributed by atoms with Gasteiger partial charge in [0.05, 0.1) is 17.6 Å². The minimum atomic E-state index is -0.626. The number of amides is 1. The third-order valence-electron chi connectivity index (χ3n) is 4.39. The van der Waals surface area contributed by atoms with Gasteiger partial charge in [-0.25, -0.2) is 0 Å². The molecule has 0 atom stereocenters. The van der Waals surface area contributed by atoms with E-state index in [1.54, 1.807) is 37.3 Å². The van der Waals surface area contributed by atoms with Crippen molar-refractivity contribution >= 4 is 35.0 Å². The SMILES string of the molecule is COc1ccc([N+](=O)[O-])cc1-c1ccc(/C=C(\C#N)C(=O)Nc2cc(Cl)ccc2C)o1. The Morgan fingerprint density at radius 3 is 2.71 bits per heavy atom. The molecule has 3 aromatic rings. The van der Waals surface area contributed by atoms with E-state index < -0.39 is 10.8 Å². The number of furan rings is 1. The average Bonchev–Trinajstić information content (AvgIpc) is 3.22. The number of hydrogen-bond donors (Lipinski definition) is 1. The summed E-state index contributed by atoms with van der Waals surface area (Å²) in [6, 6.07) is 14.1. The van der Waals surface area contributed by atoms with Crippen LogP contribution in [0.4, 0.5) is 11.4 Å². The van der Waals surface area contributed by atoms with Gasteiger partial charge in [0.15, 0.2) is 0 Å². The fraction of sp³-hybridized carbons (Fsp3) is 0.0909. The standard InChI is InChI=1S/C22H16ClN3O5/c1-13-3-4-15(23)10-19(13)25-22(27)14(12-24)9-17-6-8-21(31-17)18-11-16(26(28)29)5-7-20(18)30-2/h3-11H,1-2H3,(H,25,27)/b14-9+. The molecule has 8 nitrogen and oxygen atoms in total. The summed E-state index contributed by atoms with van der Waals surface area (Å²) < 4.78 is 10.9. The quantitative estimate of drug-likeness (QED) is 0.239. The Morgan fingerprint density at radius 1 is 1.26 bits per heavy atom. The summed E-state index contributed by atoms with van der Waals surface area (Å²) in [5.41, 5.74) is 1.33. The van der Waals surface area contributed by atoms with Crippen molar-refractivity contribution in [1.29, 1.82) is 5.26 Å². The second kappa shape index (κ2) is 9.15. The number of carbonyl (C=O) groups is 1. The van der Waals surface area contributed by atoms with Gasteiger partial charge < -0.3 is 14.5 Å². The first-order chi connectivity index (χ1) is 14.8. The molecule has 0 spiro atoms. The molecule has 31 heavy (non-hydrogen) atoms. The number of non-ortho nitro benzene ring substituents is 1. The van der Waals surface area contributed by atoms with E-state index in [1.807, 2.05) is 6.07 Å². The lowest BCUT2D eigenvalue weighted by Gasteiger charge is -2.08. The van der Waals surface area contributed by atoms with E-state index in [-0.39, 0.29) is 22.8 Å². The van der Waals surface area contributed by atoms with Crippen LogP contribution in [0.5, 0.6) is 5.75 Å². The number of ether oxygens (including phenoxy) is 1. The minimum Gasteiger partial charge on any atom is -0.496 e. The largest absolute Gasteiger partial charge is 0.496 e. The number of nitro benzene ring substituents is 1. The predicted molar refractivity (Wildman–Crippen MR) is 116 cm³/mol. The van der Waals surface area contributed by atoms with Crippen molar-refractivity contribution in [3.8, 4) is 23.1 Å². The number of nitrogens with zero attached hydrogens (tertiary/aromatic N) is 2. The maximum Gasteiger partial charge on any atom is 0.270 e. The van der Waals surface area contributed by atoms with Gasteiger partial charge in [0, 0.05) is 28.9 Å². The number of halogens is 1. The fourth-order valence-electron chi connectivity index (χ4n) is 2.79. The zero-order chi connectivity index (χ0) is 22.5. The molecule has 2 aromatic carbocycles. The maximum atomic E-state index is 12.5. The number of hydrogen-bond acceptors (Lipinski definition) is 6. The van der Waals surface area contributed by atoms with E-state index >= 15 is 0 Å². The first-order valence-corrected chi connectivity index (χ1v) is 9.32. The number of rotatable bonds is 6. The molecule has 0 aliphatic carbocycles. The zero-order valence-corrected chi connectivity index (χ0v) is 17.3. The molecule has 0 bridgehead atoms. The molecule has 9 heteroatoms. The smallest absolute Gasteiger partial charge is 0.270 e. The van der Waals surface area contributed by atoms with Crippen LogP contribution >= 0.6 is 11.6 Å². The molecule has 156 valence electrons. The van der Waals surface area contributed by atoms with Crippen LogP contribution in [0.2, 0.25) is 5.02 Å². The second-order valence-electron chi connectivity index (χ2n) is 6.43. The lowest BCUT2D eigenvalue weighted by atomic mass is 10.1. The molecule has 1 heterocycles. The van der Waals surface area contributed by atoms with Crippen LogP contribution in [0.15, 0.2) is 58.5 Å². The van der Waals surface area contributed by atoms with Gasteiger partial charge in [0.25, 0.3) is 11.6 Å². The molecular formula is C22H16ClN3O5. The van der Waals surface area contributed by atoms with Crippen LogP contribution in [0.25, 0.3) is 17.4 Å². The summed E-state index contributed by atoms with van der Waals surface area (Å²) in [7, 11) is 1.43. The van der Waals surface area contributed by atoms with Crippen molar-refractivity contribution in [2.45, 2.75) is 6.92 Å². The average molecular weight is 438 g/mol. The number of aryl methyl sites for hydroxylation is 1. The Morgan fingerprint density at radius 2 is 2.03 bits per heavy atom. The number of nitriles is 1. The summed E-state index contributed by atoms with van der Waals surface area (Å²) in [6.07, 6.45) is 1.28. The van der Waals surface area contributed by atoms with Crippen LogP contribution in [-0.2, 0) is 4.79 Å². The van der Waals surface area contributed by atoms with E-state index in [4.69, 9.17) is 20.8 Å². The molecular weight excluding hydrogens is 422 g/mol. The molecule has 0 saturated heterocycles. The van der Waals surface area contributed by atoms with Gasteiger partial charge >= 0.3 is 0 Å². The number of nitrogens with one attached hydrogen (secondary N) is 1. The predicted octanol–water partition coefficient (Wildman–Crippen LogP) is 5.37. The van der Waals surface area contributed by atoms with Gasteiger partial charge in [-0.1, -0.05) is 17.7 Å². The van der Waals surface area contributed by atoms with E-state index in [0.29, 0.717) is 22.0 Å². The number of benzene rings is 2. The maximum absolute atomic E-state index is 12.5. The molecule has 0 aliphatic heterocycles. The number of carbonyl (C=O) groups excluding carboxylic acids is 1. The van der Waals surface area contributed by atoms with Crippen LogP contribution in [0.1, 0.15) is 11.3 Å². The summed E-state index contributed by atoms with van der Waals surface area (Å²) in [5, 5.41) is 23.6. The van der Waals surface area contributed by atoms with Crippen molar-refractivity contribution in [1.82, 2.24) is 0 Å². The minimum absolute atomic E-state index is 0.127. The molecule has 3 rings (SSSR count). The second-order valence-corrected chi connectivity index (χ2v) is 6.86. The Labute approximate surface area is 182 Å². The highest BCUT2D eigenvalue weighted by Crippen LogP contribution is 2.34. The van der Waals surface area contributed by atoms with Crippen LogP contribution in [-0.4, -0.2) is 17.9 Å². The van der Waals surface area contributed by atoms with E-state index in [9.17, 15) is 20.2 Å². The first-order valence-electron chi connectivity index (χ1n) is 8.94. The molecule has 1 N–H and O–H groups in total. The molecule has 0 radical (unpaired) electrons. The zero-order valence-electron chi connectivity index (χ0n) is 16.5. The van der Waals surface area contributed by atoms with Gasteiger partial charge in [-0.15, -0.1) is 0 Å². The van der Waals surface area contributed by atoms with Gasteiger partial charge in [-0.2, -0.15) is 5.26 Å². The molecule has 1 amide bonds. The Kier molecular flexibility index (Phi) is 6.38. The Bertz CT molecular complexity index is 1240. The lowest BCUT2D eigenvalue weighted by molar-refractivity contribution is -0.384. The van der Waals surface area contributed by atoms with Crippen molar-refractivity contribution in [2.24, 2.45) is 0 Å². The van der Waals surface area contributed by atoms with E-state index in [1.165, 1.54) is 31.4 Å².